The molecule has 0 aliphatic rings. The van der Waals surface area contributed by atoms with Gasteiger partial charge in [-0.25, -0.2) is 9.59 Å². The molecule has 0 bridgehead atoms. The number of hydrogen-bond acceptors (Lipinski definition) is 4. The predicted octanol–water partition coefficient (Wildman–Crippen LogP) is -0.164. The molecule has 0 aliphatic carbocycles. The maximum absolute atomic E-state index is 10.6. The number of rotatable bonds is 6. The Hall–Kier alpha value is -1.30. The second-order valence-electron chi connectivity index (χ2n) is 2.61. The molecule has 0 heterocycles. The molecule has 6 nitrogen and oxygen atoms in total. The summed E-state index contributed by atoms with van der Waals surface area (Å²) in [5, 5.41) is 14.2. The van der Waals surface area contributed by atoms with Crippen molar-refractivity contribution in [3.8, 4) is 0 Å². The Kier molecular flexibility index (Phi) is 4.70. The van der Waals surface area contributed by atoms with Gasteiger partial charge in [0.15, 0.2) is 0 Å². The lowest BCUT2D eigenvalue weighted by Gasteiger charge is -2.10. The Labute approximate surface area is 77.2 Å². The van der Waals surface area contributed by atoms with Gasteiger partial charge in [-0.1, -0.05) is 0 Å². The number of nitrogens with one attached hydrogen (secondary N) is 1. The highest BCUT2D eigenvalue weighted by molar-refractivity contribution is 5.78. The standard InChI is InChI=1S/C7H14N2O4/c8-4-2-1-3-5(6(10)11)9-7(12)13/h5,9H,1-4,8H2,(H,10,11)(H,12,13)/t5-/m0/s1/i/hD. The lowest BCUT2D eigenvalue weighted by atomic mass is 10.1. The van der Waals surface area contributed by atoms with Crippen molar-refractivity contribution in [2.45, 2.75) is 25.3 Å². The van der Waals surface area contributed by atoms with Crippen LogP contribution in [0.4, 0.5) is 4.79 Å². The van der Waals surface area contributed by atoms with Crippen LogP contribution in [-0.2, 0) is 4.79 Å². The van der Waals surface area contributed by atoms with E-state index in [2.05, 4.69) is 5.11 Å². The number of aliphatic carboxylic acids is 1. The number of carbonyl (C=O) groups is 2. The van der Waals surface area contributed by atoms with E-state index in [-0.39, 0.29) is 6.42 Å². The molecule has 1 atom stereocenters. The van der Waals surface area contributed by atoms with E-state index < -0.39 is 18.1 Å². The monoisotopic (exact) mass is 191 g/mol. The van der Waals surface area contributed by atoms with E-state index in [1.54, 1.807) is 0 Å². The average molecular weight is 191 g/mol. The molecule has 0 radical (unpaired) electrons. The Morgan fingerprint density at radius 2 is 2.23 bits per heavy atom. The molecule has 0 rings (SSSR count). The molecule has 0 spiro atoms. The average Bonchev–Trinajstić information content (AvgIpc) is 2.16. The molecular formula is C7H14N2O4. The topological polar surface area (TPSA) is 113 Å². The first-order valence-corrected chi connectivity index (χ1v) is 3.98. The van der Waals surface area contributed by atoms with Crippen LogP contribution >= 0.6 is 0 Å². The maximum Gasteiger partial charge on any atom is 0.405 e. The van der Waals surface area contributed by atoms with Gasteiger partial charge in [0.2, 0.25) is 0 Å². The van der Waals surface area contributed by atoms with Crippen LogP contribution in [-0.4, -0.2) is 34.9 Å². The van der Waals surface area contributed by atoms with E-state index in [1.165, 1.54) is 0 Å². The Morgan fingerprint density at radius 1 is 1.54 bits per heavy atom. The molecule has 0 saturated carbocycles. The summed E-state index contributed by atoms with van der Waals surface area (Å²) in [5.74, 6) is -1.15. The minimum Gasteiger partial charge on any atom is -0.480 e. The molecule has 76 valence electrons. The van der Waals surface area contributed by atoms with E-state index >= 15 is 0 Å². The zero-order valence-electron chi connectivity index (χ0n) is 8.16. The summed E-state index contributed by atoms with van der Waals surface area (Å²) in [7, 11) is 0. The van der Waals surface area contributed by atoms with Crippen molar-refractivity contribution in [2.24, 2.45) is 5.73 Å². The molecule has 0 aromatic heterocycles. The molecule has 0 aromatic rings. The summed E-state index contributed by atoms with van der Waals surface area (Å²) in [6.45, 7) is 0.481. The van der Waals surface area contributed by atoms with E-state index in [1.807, 2.05) is 5.32 Å². The maximum atomic E-state index is 10.6. The second kappa shape index (κ2) is 6.24. The van der Waals surface area contributed by atoms with Crippen LogP contribution in [0.5, 0.6) is 0 Å². The fourth-order valence-electron chi connectivity index (χ4n) is 0.892. The first-order chi connectivity index (χ1) is 6.61. The Balaban J connectivity index is 3.90. The van der Waals surface area contributed by atoms with Gasteiger partial charge in [0.25, 0.3) is 1.43 Å². The minimum atomic E-state index is -1.15. The number of hydrogen-bond donors (Lipinski definition) is 4. The SMILES string of the molecule is [2H]OC(=O)N[C@@H](CCCCN)C(=O)O. The molecule has 1 amide bonds. The van der Waals surface area contributed by atoms with Gasteiger partial charge >= 0.3 is 12.1 Å². The van der Waals surface area contributed by atoms with Crippen molar-refractivity contribution >= 4 is 12.1 Å². The summed E-state index contributed by atoms with van der Waals surface area (Å²) in [5.41, 5.74) is 5.23. The molecule has 13 heavy (non-hydrogen) atoms. The molecule has 0 fully saturated rings. The minimum absolute atomic E-state index is 0.279. The Morgan fingerprint density at radius 3 is 2.69 bits per heavy atom. The van der Waals surface area contributed by atoms with Crippen molar-refractivity contribution in [2.75, 3.05) is 6.54 Å². The highest BCUT2D eigenvalue weighted by Gasteiger charge is 2.18. The normalized spacial score (nSPS) is 12.8. The highest BCUT2D eigenvalue weighted by Crippen LogP contribution is 2.00. The van der Waals surface area contributed by atoms with E-state index in [9.17, 15) is 9.59 Å². The third-order valence-corrected chi connectivity index (χ3v) is 1.54. The number of carboxylic acid groups (broad SMARTS) is 2. The summed E-state index contributed by atoms with van der Waals surface area (Å²) >= 11 is 0. The molecule has 5 N–H and O–H groups in total. The summed E-state index contributed by atoms with van der Waals surface area (Å²) < 4.78 is 6.23. The van der Waals surface area contributed by atoms with Crippen LogP contribution in [0.2, 0.25) is 0 Å². The van der Waals surface area contributed by atoms with Gasteiger partial charge in [0.05, 0.1) is 0 Å². The van der Waals surface area contributed by atoms with Gasteiger partial charge in [-0.2, -0.15) is 0 Å². The fourth-order valence-corrected chi connectivity index (χ4v) is 0.892. The van der Waals surface area contributed by atoms with Gasteiger partial charge in [-0.15, -0.1) is 0 Å². The lowest BCUT2D eigenvalue weighted by molar-refractivity contribution is -0.139. The number of nitrogens with two attached hydrogens (primary N) is 1. The van der Waals surface area contributed by atoms with Gasteiger partial charge in [0, 0.05) is 0 Å². The van der Waals surface area contributed by atoms with Crippen LogP contribution in [0.15, 0.2) is 0 Å². The van der Waals surface area contributed by atoms with Gasteiger partial charge in [-0.05, 0) is 25.8 Å². The van der Waals surface area contributed by atoms with E-state index in [0.29, 0.717) is 19.4 Å². The molecule has 6 heteroatoms. The molecule has 0 aromatic carbocycles. The fraction of sp³-hybridized carbons (Fsp3) is 0.714. The number of amides is 1. The van der Waals surface area contributed by atoms with E-state index in [4.69, 9.17) is 12.3 Å². The van der Waals surface area contributed by atoms with Crippen LogP contribution in [0, 0.1) is 0 Å². The summed E-state index contributed by atoms with van der Waals surface area (Å²) in [6.07, 6.45) is 0.513. The van der Waals surface area contributed by atoms with Crippen molar-refractivity contribution in [3.05, 3.63) is 0 Å². The number of carboxylic acids is 1. The Bertz CT molecular complexity index is 200. The highest BCUT2D eigenvalue weighted by atomic mass is 16.4. The third-order valence-electron chi connectivity index (χ3n) is 1.54. The van der Waals surface area contributed by atoms with Crippen LogP contribution in [0.25, 0.3) is 1.43 Å². The van der Waals surface area contributed by atoms with Crippen LogP contribution in [0.3, 0.4) is 0 Å². The van der Waals surface area contributed by atoms with Gasteiger partial charge in [-0.3, -0.25) is 0 Å². The van der Waals surface area contributed by atoms with Crippen molar-refractivity contribution in [3.63, 3.8) is 0 Å². The third kappa shape index (κ3) is 5.92. The van der Waals surface area contributed by atoms with Crippen molar-refractivity contribution in [1.82, 2.24) is 5.32 Å². The number of unbranched alkanes of at least 4 members (excludes halogenated alkanes) is 1. The van der Waals surface area contributed by atoms with Gasteiger partial charge in [0.1, 0.15) is 6.04 Å². The van der Waals surface area contributed by atoms with Crippen molar-refractivity contribution in [1.29, 1.82) is 1.43 Å². The van der Waals surface area contributed by atoms with Crippen molar-refractivity contribution < 1.29 is 19.8 Å². The predicted molar refractivity (Wildman–Crippen MR) is 45.5 cm³/mol. The first-order valence-electron chi connectivity index (χ1n) is 4.39. The largest absolute Gasteiger partial charge is 0.480 e. The second-order valence-corrected chi connectivity index (χ2v) is 2.61. The van der Waals surface area contributed by atoms with Gasteiger partial charge < -0.3 is 21.3 Å². The molecule has 0 aliphatic heterocycles. The summed E-state index contributed by atoms with van der Waals surface area (Å²) in [4.78, 5) is 21.1. The molecule has 0 saturated heterocycles. The first kappa shape index (κ1) is 9.79. The quantitative estimate of drug-likeness (QED) is 0.435. The zero-order valence-corrected chi connectivity index (χ0v) is 7.16. The van der Waals surface area contributed by atoms with Crippen LogP contribution < -0.4 is 11.1 Å². The molecule has 0 unspecified atom stereocenters. The van der Waals surface area contributed by atoms with E-state index in [0.717, 1.165) is 0 Å². The molecular weight excluding hydrogens is 176 g/mol. The lowest BCUT2D eigenvalue weighted by Crippen LogP contribution is -2.39. The summed E-state index contributed by atoms with van der Waals surface area (Å²) in [6, 6.07) is -1.01. The van der Waals surface area contributed by atoms with Crippen LogP contribution in [0.1, 0.15) is 19.3 Å². The zero-order chi connectivity index (χ0) is 11.0. The smallest absolute Gasteiger partial charge is 0.405 e.